The maximum atomic E-state index is 13.5. The van der Waals surface area contributed by atoms with Crippen LogP contribution in [0.25, 0.3) is 0 Å². The largest absolute Gasteiger partial charge is 0.487 e. The van der Waals surface area contributed by atoms with Gasteiger partial charge in [0.2, 0.25) is 15.9 Å². The SMILES string of the molecule is C[C@@H]1[C@@H](C)CCC[C@](O)(CC(=O)N2CCCC2)[C@@H]2CC[C@H]2CN2CCCCc3cc(Cl)ccc3COc3ccc(cc32)C(=O)NS1(=O)=O. The Bertz CT molecular complexity index is 1610. The average Bonchev–Trinajstić information content (AvgIpc) is 3.57. The predicted octanol–water partition coefficient (Wildman–Crippen LogP) is 6.10. The number of anilines is 1. The highest BCUT2D eigenvalue weighted by Crippen LogP contribution is 2.48. The minimum atomic E-state index is -3.98. The van der Waals surface area contributed by atoms with E-state index in [1.165, 1.54) is 0 Å². The number of hydrogen-bond donors (Lipinski definition) is 2. The van der Waals surface area contributed by atoms with Gasteiger partial charge in [-0.2, -0.15) is 0 Å². The van der Waals surface area contributed by atoms with E-state index in [1.54, 1.807) is 25.1 Å². The lowest BCUT2D eigenvalue weighted by Gasteiger charge is -2.49. The molecular formula is C37H50ClN3O6S. The molecule has 9 nitrogen and oxygen atoms in total. The van der Waals surface area contributed by atoms with Crippen molar-refractivity contribution in [3.63, 3.8) is 0 Å². The number of likely N-dealkylation sites (tertiary alicyclic amines) is 1. The Labute approximate surface area is 290 Å². The smallest absolute Gasteiger partial charge is 0.264 e. The van der Waals surface area contributed by atoms with Gasteiger partial charge in [-0.25, -0.2) is 13.1 Å². The molecule has 3 aliphatic heterocycles. The minimum absolute atomic E-state index is 0.0139. The standard InChI is InChI=1S/C37H50ClN3O6S/c1-25-8-7-16-37(44,22-35(42)40-17-5-6-18-40)32-14-11-29(32)23-41-19-4-3-9-27-20-31(38)13-10-30(27)24-47-34-15-12-28(21-33(34)41)36(43)39-48(45,46)26(25)2/h10,12-13,15,20-21,25-26,29,32,44H,3-9,11,14,16-19,22-24H2,1-2H3,(H,39,43)/t25-,26+,29-,32+,37-/m0/s1. The average molecular weight is 700 g/mol. The van der Waals surface area contributed by atoms with Gasteiger partial charge >= 0.3 is 0 Å². The van der Waals surface area contributed by atoms with Gasteiger partial charge in [-0.3, -0.25) is 9.59 Å². The fourth-order valence-corrected chi connectivity index (χ4v) is 9.66. The molecule has 6 rings (SSSR count). The van der Waals surface area contributed by atoms with Crippen molar-refractivity contribution in [1.82, 2.24) is 9.62 Å². The van der Waals surface area contributed by atoms with E-state index in [9.17, 15) is 23.1 Å². The number of carbonyl (C=O) groups is 2. The molecule has 11 heteroatoms. The van der Waals surface area contributed by atoms with Crippen LogP contribution in [0.1, 0.15) is 99.5 Å². The Kier molecular flexibility index (Phi) is 10.6. The first-order valence-corrected chi connectivity index (χ1v) is 19.7. The lowest BCUT2D eigenvalue weighted by Crippen LogP contribution is -2.53. The van der Waals surface area contributed by atoms with E-state index in [1.807, 2.05) is 30.0 Å². The molecule has 0 aromatic heterocycles. The van der Waals surface area contributed by atoms with Gasteiger partial charge in [0, 0.05) is 36.8 Å². The summed E-state index contributed by atoms with van der Waals surface area (Å²) in [6.07, 6.45) is 8.10. The van der Waals surface area contributed by atoms with E-state index in [0.717, 1.165) is 74.8 Å². The molecule has 1 aliphatic carbocycles. The van der Waals surface area contributed by atoms with E-state index in [-0.39, 0.29) is 35.6 Å². The number of nitrogens with one attached hydrogen (secondary N) is 1. The Balaban J connectivity index is 1.37. The molecule has 48 heavy (non-hydrogen) atoms. The van der Waals surface area contributed by atoms with Crippen molar-refractivity contribution in [3.8, 4) is 5.75 Å². The second-order valence-electron chi connectivity index (χ2n) is 14.7. The Morgan fingerprint density at radius 1 is 1.00 bits per heavy atom. The van der Waals surface area contributed by atoms with Crippen molar-refractivity contribution in [2.75, 3.05) is 31.1 Å². The quantitative estimate of drug-likeness (QED) is 0.389. The number of ether oxygens (including phenoxy) is 1. The molecule has 0 radical (unpaired) electrons. The highest BCUT2D eigenvalue weighted by Gasteiger charge is 2.48. The zero-order valence-electron chi connectivity index (χ0n) is 28.3. The van der Waals surface area contributed by atoms with Crippen LogP contribution >= 0.6 is 11.6 Å². The van der Waals surface area contributed by atoms with Crippen molar-refractivity contribution in [2.45, 2.75) is 102 Å². The number of hydrogen-bond acceptors (Lipinski definition) is 7. The van der Waals surface area contributed by atoms with Gasteiger partial charge in [0.25, 0.3) is 5.91 Å². The Hall–Kier alpha value is -2.82. The molecule has 2 fully saturated rings. The van der Waals surface area contributed by atoms with Crippen molar-refractivity contribution in [1.29, 1.82) is 0 Å². The molecule has 2 bridgehead atoms. The summed E-state index contributed by atoms with van der Waals surface area (Å²) >= 11 is 6.35. The number of sulfonamides is 1. The van der Waals surface area contributed by atoms with Crippen LogP contribution in [0.2, 0.25) is 5.02 Å². The zero-order valence-corrected chi connectivity index (χ0v) is 29.8. The molecule has 1 saturated heterocycles. The first-order chi connectivity index (χ1) is 22.9. The summed E-state index contributed by atoms with van der Waals surface area (Å²) in [5.41, 5.74) is 2.01. The molecule has 0 spiro atoms. The summed E-state index contributed by atoms with van der Waals surface area (Å²) in [5.74, 6) is -0.204. The van der Waals surface area contributed by atoms with Crippen LogP contribution in [0.4, 0.5) is 5.69 Å². The molecule has 262 valence electrons. The second-order valence-corrected chi connectivity index (χ2v) is 17.1. The van der Waals surface area contributed by atoms with Crippen molar-refractivity contribution in [2.24, 2.45) is 17.8 Å². The summed E-state index contributed by atoms with van der Waals surface area (Å²) in [4.78, 5) is 31.1. The number of aryl methyl sites for hydroxylation is 1. The maximum absolute atomic E-state index is 13.5. The molecule has 0 unspecified atom stereocenters. The topological polar surface area (TPSA) is 116 Å². The predicted molar refractivity (Wildman–Crippen MR) is 188 cm³/mol. The van der Waals surface area contributed by atoms with E-state index >= 15 is 0 Å². The summed E-state index contributed by atoms with van der Waals surface area (Å²) < 4.78 is 35.6. The van der Waals surface area contributed by atoms with Crippen LogP contribution < -0.4 is 14.4 Å². The van der Waals surface area contributed by atoms with Crippen LogP contribution in [0.3, 0.4) is 0 Å². The Morgan fingerprint density at radius 2 is 1.77 bits per heavy atom. The van der Waals surface area contributed by atoms with Gasteiger partial charge in [-0.1, -0.05) is 31.0 Å². The number of benzene rings is 2. The molecule has 2 amide bonds. The highest BCUT2D eigenvalue weighted by molar-refractivity contribution is 7.90. The monoisotopic (exact) mass is 699 g/mol. The van der Waals surface area contributed by atoms with E-state index in [4.69, 9.17) is 16.3 Å². The second kappa shape index (κ2) is 14.6. The molecule has 2 N–H and O–H groups in total. The third kappa shape index (κ3) is 7.65. The van der Waals surface area contributed by atoms with Gasteiger partial charge < -0.3 is 19.6 Å². The number of amides is 2. The summed E-state index contributed by atoms with van der Waals surface area (Å²) in [5, 5.41) is 12.3. The van der Waals surface area contributed by atoms with Crippen LogP contribution in [0.15, 0.2) is 36.4 Å². The van der Waals surface area contributed by atoms with Gasteiger partial charge in [0.1, 0.15) is 12.4 Å². The van der Waals surface area contributed by atoms with Crippen molar-refractivity contribution >= 4 is 39.1 Å². The third-order valence-electron chi connectivity index (χ3n) is 11.5. The summed E-state index contributed by atoms with van der Waals surface area (Å²) in [7, 11) is -3.98. The lowest BCUT2D eigenvalue weighted by molar-refractivity contribution is -0.145. The molecule has 5 atom stereocenters. The van der Waals surface area contributed by atoms with Gasteiger partial charge in [-0.05, 0) is 124 Å². The number of halogens is 1. The zero-order chi connectivity index (χ0) is 34.1. The lowest BCUT2D eigenvalue weighted by atomic mass is 9.62. The number of rotatable bonds is 2. The fourth-order valence-electron chi connectivity index (χ4n) is 8.15. The molecule has 4 aliphatic rings. The van der Waals surface area contributed by atoms with E-state index < -0.39 is 26.8 Å². The molecule has 3 heterocycles. The van der Waals surface area contributed by atoms with Crippen molar-refractivity contribution in [3.05, 3.63) is 58.1 Å². The van der Waals surface area contributed by atoms with Crippen molar-refractivity contribution < 1.29 is 27.9 Å². The molecule has 2 aromatic carbocycles. The first-order valence-electron chi connectivity index (χ1n) is 17.8. The van der Waals surface area contributed by atoms with E-state index in [2.05, 4.69) is 9.62 Å². The highest BCUT2D eigenvalue weighted by atomic mass is 35.5. The molecule has 1 saturated carbocycles. The number of carbonyl (C=O) groups excluding carboxylic acids is 2. The normalized spacial score (nSPS) is 29.7. The molecular weight excluding hydrogens is 650 g/mol. The van der Waals surface area contributed by atoms with Crippen LogP contribution in [0, 0.1) is 17.8 Å². The van der Waals surface area contributed by atoms with E-state index in [0.29, 0.717) is 49.7 Å². The number of fused-ring (bicyclic) bond motifs is 3. The summed E-state index contributed by atoms with van der Waals surface area (Å²) in [6, 6.07) is 11.0. The Morgan fingerprint density at radius 3 is 2.52 bits per heavy atom. The van der Waals surface area contributed by atoms with Gasteiger partial charge in [0.05, 0.1) is 23.0 Å². The summed E-state index contributed by atoms with van der Waals surface area (Å²) in [6.45, 7) is 6.64. The number of nitrogens with zero attached hydrogens (tertiary/aromatic N) is 2. The number of aliphatic hydroxyl groups is 1. The van der Waals surface area contributed by atoms with Gasteiger partial charge in [0.15, 0.2) is 0 Å². The fraction of sp³-hybridized carbons (Fsp3) is 0.622. The van der Waals surface area contributed by atoms with Gasteiger partial charge in [-0.15, -0.1) is 0 Å². The van der Waals surface area contributed by atoms with Crippen LogP contribution in [-0.4, -0.2) is 67.3 Å². The maximum Gasteiger partial charge on any atom is 0.264 e. The first kappa shape index (κ1) is 35.0. The van der Waals surface area contributed by atoms with Crippen LogP contribution in [-0.2, 0) is 27.8 Å². The minimum Gasteiger partial charge on any atom is -0.487 e. The molecule has 2 aromatic rings. The van der Waals surface area contributed by atoms with Crippen LogP contribution in [0.5, 0.6) is 5.75 Å². The third-order valence-corrected chi connectivity index (χ3v) is 13.7.